The lowest BCUT2D eigenvalue weighted by molar-refractivity contribution is 0.0697. The molecule has 0 amide bonds. The maximum absolute atomic E-state index is 13.5. The predicted molar refractivity (Wildman–Crippen MR) is 73.0 cm³/mol. The number of halogens is 2. The van der Waals surface area contributed by atoms with Gasteiger partial charge in [-0.2, -0.15) is 0 Å². The summed E-state index contributed by atoms with van der Waals surface area (Å²) in [5.74, 6) is -1.47. The maximum atomic E-state index is 13.5. The molecule has 1 aliphatic rings. The van der Waals surface area contributed by atoms with Gasteiger partial charge in [-0.3, -0.25) is 4.98 Å². The van der Waals surface area contributed by atoms with Crippen molar-refractivity contribution < 1.29 is 14.3 Å². The van der Waals surface area contributed by atoms with E-state index in [1.807, 2.05) is 0 Å². The summed E-state index contributed by atoms with van der Waals surface area (Å²) in [5, 5.41) is 9.83. The Balaban J connectivity index is 2.46. The Hall–Kier alpha value is -1.49. The van der Waals surface area contributed by atoms with Crippen LogP contribution in [0, 0.1) is 5.82 Å². The van der Waals surface area contributed by atoms with E-state index in [4.69, 9.17) is 0 Å². The van der Waals surface area contributed by atoms with Crippen molar-refractivity contribution in [3.63, 3.8) is 0 Å². The van der Waals surface area contributed by atoms with E-state index in [1.54, 1.807) is 0 Å². The Kier molecular flexibility index (Phi) is 3.01. The number of carbonyl (C=O) groups is 1. The second kappa shape index (κ2) is 4.56. The molecule has 0 aliphatic heterocycles. The molecule has 1 heterocycles. The minimum Gasteiger partial charge on any atom is -0.478 e. The number of rotatable bonds is 1. The van der Waals surface area contributed by atoms with Gasteiger partial charge < -0.3 is 5.11 Å². The zero-order chi connectivity index (χ0) is 13.6. The highest BCUT2D eigenvalue weighted by Crippen LogP contribution is 2.33. The van der Waals surface area contributed by atoms with Crippen molar-refractivity contribution in [1.82, 2.24) is 4.98 Å². The average Bonchev–Trinajstić information content (AvgIpc) is 2.36. The molecule has 0 unspecified atom stereocenters. The molecule has 0 spiro atoms. The van der Waals surface area contributed by atoms with Crippen LogP contribution in [0.25, 0.3) is 10.9 Å². The Morgan fingerprint density at radius 2 is 2.05 bits per heavy atom. The van der Waals surface area contributed by atoms with Gasteiger partial charge in [0.1, 0.15) is 5.82 Å². The Morgan fingerprint density at radius 3 is 2.79 bits per heavy atom. The molecule has 98 valence electrons. The fourth-order valence-electron chi connectivity index (χ4n) is 2.69. The van der Waals surface area contributed by atoms with Crippen LogP contribution in [0.5, 0.6) is 0 Å². The first-order chi connectivity index (χ1) is 9.08. The number of carboxylic acids is 1. The topological polar surface area (TPSA) is 50.2 Å². The molecule has 5 heteroatoms. The van der Waals surface area contributed by atoms with Crippen molar-refractivity contribution in [3.8, 4) is 0 Å². The standard InChI is InChI=1S/C14H11BrFNO2/c15-10-6-7(16)5-9-12(14(18)19)8-3-1-2-4-11(8)17-13(9)10/h5-6H,1-4H2,(H,18,19). The zero-order valence-corrected chi connectivity index (χ0v) is 11.6. The third-order valence-corrected chi connectivity index (χ3v) is 4.10. The number of hydrogen-bond donors (Lipinski definition) is 1. The van der Waals surface area contributed by atoms with Gasteiger partial charge in [0.25, 0.3) is 0 Å². The van der Waals surface area contributed by atoms with Gasteiger partial charge >= 0.3 is 5.97 Å². The van der Waals surface area contributed by atoms with Crippen LogP contribution in [0.3, 0.4) is 0 Å². The Labute approximate surface area is 117 Å². The van der Waals surface area contributed by atoms with Crippen molar-refractivity contribution in [1.29, 1.82) is 0 Å². The number of fused-ring (bicyclic) bond motifs is 2. The zero-order valence-electron chi connectivity index (χ0n) is 10.0. The minimum atomic E-state index is -1.01. The normalized spacial score (nSPS) is 14.4. The number of aryl methyl sites for hydroxylation is 1. The molecule has 1 aromatic heterocycles. The summed E-state index contributed by atoms with van der Waals surface area (Å²) in [7, 11) is 0. The number of pyridine rings is 1. The van der Waals surface area contributed by atoms with Crippen LogP contribution < -0.4 is 0 Å². The van der Waals surface area contributed by atoms with E-state index in [0.29, 0.717) is 21.8 Å². The van der Waals surface area contributed by atoms with Crippen LogP contribution >= 0.6 is 15.9 Å². The largest absolute Gasteiger partial charge is 0.478 e. The van der Waals surface area contributed by atoms with Gasteiger partial charge in [-0.1, -0.05) is 0 Å². The highest BCUT2D eigenvalue weighted by Gasteiger charge is 2.23. The smallest absolute Gasteiger partial charge is 0.336 e. The maximum Gasteiger partial charge on any atom is 0.336 e. The van der Waals surface area contributed by atoms with Crippen molar-refractivity contribution in [2.45, 2.75) is 25.7 Å². The number of carboxylic acid groups (broad SMARTS) is 1. The van der Waals surface area contributed by atoms with E-state index >= 15 is 0 Å². The molecule has 0 radical (unpaired) electrons. The van der Waals surface area contributed by atoms with Gasteiger partial charge in [-0.05, 0) is 59.3 Å². The molecule has 0 bridgehead atoms. The lowest BCUT2D eigenvalue weighted by Crippen LogP contribution is -2.13. The fraction of sp³-hybridized carbons (Fsp3) is 0.286. The summed E-state index contributed by atoms with van der Waals surface area (Å²) in [6.45, 7) is 0. The molecule has 19 heavy (non-hydrogen) atoms. The monoisotopic (exact) mass is 323 g/mol. The number of aromatic carboxylic acids is 1. The third-order valence-electron chi connectivity index (χ3n) is 3.50. The lowest BCUT2D eigenvalue weighted by atomic mass is 9.90. The molecule has 3 rings (SSSR count). The van der Waals surface area contributed by atoms with E-state index in [-0.39, 0.29) is 5.56 Å². The minimum absolute atomic E-state index is 0.208. The van der Waals surface area contributed by atoms with Crippen LogP contribution in [-0.4, -0.2) is 16.1 Å². The summed E-state index contributed by atoms with van der Waals surface area (Å²) in [6, 6.07) is 2.57. The van der Waals surface area contributed by atoms with Crippen molar-refractivity contribution >= 4 is 32.8 Å². The van der Waals surface area contributed by atoms with Gasteiger partial charge in [0.05, 0.1) is 11.1 Å². The summed E-state index contributed by atoms with van der Waals surface area (Å²) >= 11 is 3.26. The molecule has 3 nitrogen and oxygen atoms in total. The summed E-state index contributed by atoms with van der Waals surface area (Å²) in [6.07, 6.45) is 3.46. The first-order valence-electron chi connectivity index (χ1n) is 6.11. The second-order valence-corrected chi connectivity index (χ2v) is 5.56. The van der Waals surface area contributed by atoms with Crippen molar-refractivity contribution in [2.75, 3.05) is 0 Å². The van der Waals surface area contributed by atoms with E-state index < -0.39 is 11.8 Å². The SMILES string of the molecule is O=C(O)c1c2c(nc3c(Br)cc(F)cc13)CCCC2. The molecule has 0 fully saturated rings. The van der Waals surface area contributed by atoms with Gasteiger partial charge in [0.2, 0.25) is 0 Å². The van der Waals surface area contributed by atoms with Gasteiger partial charge in [0, 0.05) is 15.6 Å². The Bertz CT molecular complexity index is 700. The first-order valence-corrected chi connectivity index (χ1v) is 6.91. The first kappa shape index (κ1) is 12.5. The highest BCUT2D eigenvalue weighted by molar-refractivity contribution is 9.10. The highest BCUT2D eigenvalue weighted by atomic mass is 79.9. The molecular formula is C14H11BrFNO2. The molecule has 1 aliphatic carbocycles. The molecule has 2 aromatic rings. The van der Waals surface area contributed by atoms with E-state index in [1.165, 1.54) is 12.1 Å². The summed E-state index contributed by atoms with van der Waals surface area (Å²) in [5.41, 5.74) is 2.34. The van der Waals surface area contributed by atoms with Crippen LogP contribution in [0.15, 0.2) is 16.6 Å². The van der Waals surface area contributed by atoms with Crippen molar-refractivity contribution in [3.05, 3.63) is 39.2 Å². The van der Waals surface area contributed by atoms with Gasteiger partial charge in [0.15, 0.2) is 0 Å². The molecular weight excluding hydrogens is 313 g/mol. The second-order valence-electron chi connectivity index (χ2n) is 4.71. The predicted octanol–water partition coefficient (Wildman–Crippen LogP) is 3.71. The molecule has 0 saturated carbocycles. The van der Waals surface area contributed by atoms with Crippen molar-refractivity contribution in [2.24, 2.45) is 0 Å². The molecule has 1 aromatic carbocycles. The van der Waals surface area contributed by atoms with Crippen LogP contribution in [0.4, 0.5) is 4.39 Å². The summed E-state index contributed by atoms with van der Waals surface area (Å²) in [4.78, 5) is 16.1. The number of hydrogen-bond acceptors (Lipinski definition) is 2. The van der Waals surface area contributed by atoms with Crippen LogP contribution in [-0.2, 0) is 12.8 Å². The quantitative estimate of drug-likeness (QED) is 0.870. The average molecular weight is 324 g/mol. The third kappa shape index (κ3) is 2.02. The molecule has 1 N–H and O–H groups in total. The number of nitrogens with zero attached hydrogens (tertiary/aromatic N) is 1. The van der Waals surface area contributed by atoms with Crippen LogP contribution in [0.2, 0.25) is 0 Å². The number of aromatic nitrogens is 1. The van der Waals surface area contributed by atoms with Crippen LogP contribution in [0.1, 0.15) is 34.5 Å². The van der Waals surface area contributed by atoms with E-state index in [2.05, 4.69) is 20.9 Å². The van der Waals surface area contributed by atoms with Gasteiger partial charge in [-0.15, -0.1) is 0 Å². The Morgan fingerprint density at radius 1 is 1.32 bits per heavy atom. The van der Waals surface area contributed by atoms with E-state index in [9.17, 15) is 14.3 Å². The molecule has 0 atom stereocenters. The molecule has 0 saturated heterocycles. The number of benzene rings is 1. The summed E-state index contributed by atoms with van der Waals surface area (Å²) < 4.78 is 14.0. The lowest BCUT2D eigenvalue weighted by Gasteiger charge is -2.19. The van der Waals surface area contributed by atoms with E-state index in [0.717, 1.165) is 30.5 Å². The fourth-order valence-corrected chi connectivity index (χ4v) is 3.21. The van der Waals surface area contributed by atoms with Gasteiger partial charge in [-0.25, -0.2) is 9.18 Å².